The van der Waals surface area contributed by atoms with Crippen molar-refractivity contribution in [3.63, 3.8) is 0 Å². The molecule has 0 aliphatic heterocycles. The Morgan fingerprint density at radius 3 is 2.19 bits per heavy atom. The van der Waals surface area contributed by atoms with Gasteiger partial charge in [-0.05, 0) is 41.8 Å². The van der Waals surface area contributed by atoms with Crippen LogP contribution >= 0.6 is 0 Å². The van der Waals surface area contributed by atoms with Gasteiger partial charge >= 0.3 is 0 Å². The van der Waals surface area contributed by atoms with Crippen LogP contribution in [0.3, 0.4) is 0 Å². The predicted molar refractivity (Wildman–Crippen MR) is 121 cm³/mol. The maximum Gasteiger partial charge on any atom is 0.255 e. The summed E-state index contributed by atoms with van der Waals surface area (Å²) in [4.78, 5) is 24.6. The molecular formula is C25H26N2O4. The minimum atomic E-state index is -0.231. The number of rotatable bonds is 9. The van der Waals surface area contributed by atoms with Crippen molar-refractivity contribution in [2.75, 3.05) is 19.5 Å². The lowest BCUT2D eigenvalue weighted by Gasteiger charge is -2.11. The maximum absolute atomic E-state index is 12.5. The molecule has 160 valence electrons. The van der Waals surface area contributed by atoms with E-state index >= 15 is 0 Å². The van der Waals surface area contributed by atoms with Gasteiger partial charge in [0.15, 0.2) is 11.5 Å². The van der Waals surface area contributed by atoms with Crippen molar-refractivity contribution in [3.8, 4) is 11.5 Å². The Morgan fingerprint density at radius 1 is 0.806 bits per heavy atom. The van der Waals surface area contributed by atoms with Gasteiger partial charge in [0.05, 0.1) is 14.2 Å². The second-order valence-electron chi connectivity index (χ2n) is 6.98. The molecule has 0 heterocycles. The number of carbonyl (C=O) groups excluding carboxylic acids is 2. The molecule has 6 nitrogen and oxygen atoms in total. The highest BCUT2D eigenvalue weighted by Gasteiger charge is 2.10. The Kier molecular flexibility index (Phi) is 7.65. The van der Waals surface area contributed by atoms with Gasteiger partial charge in [0, 0.05) is 30.3 Å². The molecule has 2 amide bonds. The second-order valence-corrected chi connectivity index (χ2v) is 6.98. The molecule has 0 aliphatic rings. The summed E-state index contributed by atoms with van der Waals surface area (Å²) in [6.07, 6.45) is 1.15. The first-order chi connectivity index (χ1) is 15.1. The van der Waals surface area contributed by atoms with Gasteiger partial charge in [-0.2, -0.15) is 0 Å². The number of benzene rings is 3. The summed E-state index contributed by atoms with van der Waals surface area (Å²) < 4.78 is 10.5. The maximum atomic E-state index is 12.5. The van der Waals surface area contributed by atoms with Gasteiger partial charge in [-0.1, -0.05) is 42.5 Å². The van der Waals surface area contributed by atoms with Gasteiger partial charge in [0.1, 0.15) is 0 Å². The Morgan fingerprint density at radius 2 is 1.52 bits per heavy atom. The van der Waals surface area contributed by atoms with E-state index in [4.69, 9.17) is 9.47 Å². The Hall–Kier alpha value is -3.80. The first-order valence-electron chi connectivity index (χ1n) is 10.0. The number of amides is 2. The molecule has 0 aliphatic carbocycles. The van der Waals surface area contributed by atoms with Gasteiger partial charge < -0.3 is 20.1 Å². The van der Waals surface area contributed by atoms with Crippen LogP contribution in [0.1, 0.15) is 27.9 Å². The van der Waals surface area contributed by atoms with E-state index < -0.39 is 0 Å². The van der Waals surface area contributed by atoms with E-state index in [9.17, 15) is 9.59 Å². The van der Waals surface area contributed by atoms with Crippen LogP contribution in [0.5, 0.6) is 11.5 Å². The van der Waals surface area contributed by atoms with Crippen LogP contribution in [0.25, 0.3) is 0 Å². The van der Waals surface area contributed by atoms with Crippen LogP contribution < -0.4 is 20.1 Å². The fourth-order valence-electron chi connectivity index (χ4n) is 3.08. The monoisotopic (exact) mass is 418 g/mol. The van der Waals surface area contributed by atoms with Crippen LogP contribution in [0.2, 0.25) is 0 Å². The summed E-state index contributed by atoms with van der Waals surface area (Å²) in [5.41, 5.74) is 3.20. The topological polar surface area (TPSA) is 76.7 Å². The van der Waals surface area contributed by atoms with Crippen LogP contribution in [0.4, 0.5) is 5.69 Å². The van der Waals surface area contributed by atoms with Crippen LogP contribution in [-0.4, -0.2) is 26.0 Å². The molecule has 0 radical (unpaired) electrons. The van der Waals surface area contributed by atoms with E-state index in [-0.39, 0.29) is 11.8 Å². The normalized spacial score (nSPS) is 10.3. The number of hydrogen-bond acceptors (Lipinski definition) is 4. The molecule has 3 aromatic carbocycles. The number of anilines is 1. The first-order valence-corrected chi connectivity index (χ1v) is 10.0. The van der Waals surface area contributed by atoms with E-state index in [2.05, 4.69) is 10.6 Å². The third kappa shape index (κ3) is 6.34. The van der Waals surface area contributed by atoms with Crippen molar-refractivity contribution in [1.29, 1.82) is 0 Å². The summed E-state index contributed by atoms with van der Waals surface area (Å²) >= 11 is 0. The number of aryl methyl sites for hydroxylation is 1. The van der Waals surface area contributed by atoms with Crippen molar-refractivity contribution in [2.45, 2.75) is 19.4 Å². The summed E-state index contributed by atoms with van der Waals surface area (Å²) in [7, 11) is 3.10. The van der Waals surface area contributed by atoms with E-state index in [1.165, 1.54) is 0 Å². The highest BCUT2D eigenvalue weighted by atomic mass is 16.5. The van der Waals surface area contributed by atoms with Crippen molar-refractivity contribution < 1.29 is 19.1 Å². The Labute approximate surface area is 182 Å². The molecule has 0 fully saturated rings. The van der Waals surface area contributed by atoms with Gasteiger partial charge in [0.25, 0.3) is 5.91 Å². The fourth-order valence-corrected chi connectivity index (χ4v) is 3.08. The molecule has 6 heteroatoms. The number of ether oxygens (including phenoxy) is 2. The van der Waals surface area contributed by atoms with Crippen molar-refractivity contribution in [3.05, 3.63) is 89.5 Å². The number of hydrogen-bond donors (Lipinski definition) is 2. The molecule has 0 saturated heterocycles. The molecule has 0 spiro atoms. The van der Waals surface area contributed by atoms with Gasteiger partial charge in [-0.15, -0.1) is 0 Å². The summed E-state index contributed by atoms with van der Waals surface area (Å²) in [5, 5.41) is 5.76. The lowest BCUT2D eigenvalue weighted by atomic mass is 10.1. The Balaban J connectivity index is 1.50. The lowest BCUT2D eigenvalue weighted by Crippen LogP contribution is -2.23. The predicted octanol–water partition coefficient (Wildman–Crippen LogP) is 4.21. The van der Waals surface area contributed by atoms with Crippen molar-refractivity contribution >= 4 is 17.5 Å². The minimum Gasteiger partial charge on any atom is -0.493 e. The molecule has 3 aromatic rings. The average molecular weight is 418 g/mol. The standard InChI is InChI=1S/C25H26N2O4/c1-30-22-14-13-21(16-23(22)31-2)27-25(29)20-11-8-19(9-12-20)17-26-24(28)15-10-18-6-4-3-5-7-18/h3-9,11-14,16H,10,15,17H2,1-2H3,(H,26,28)(H,27,29). The molecule has 0 saturated carbocycles. The minimum absolute atomic E-state index is 0.000810. The average Bonchev–Trinajstić information content (AvgIpc) is 2.82. The highest BCUT2D eigenvalue weighted by molar-refractivity contribution is 6.04. The van der Waals surface area contributed by atoms with Crippen molar-refractivity contribution in [1.82, 2.24) is 5.32 Å². The van der Waals surface area contributed by atoms with E-state index in [1.54, 1.807) is 44.6 Å². The van der Waals surface area contributed by atoms with Gasteiger partial charge in [0.2, 0.25) is 5.91 Å². The SMILES string of the molecule is COc1ccc(NC(=O)c2ccc(CNC(=O)CCc3ccccc3)cc2)cc1OC. The molecule has 31 heavy (non-hydrogen) atoms. The smallest absolute Gasteiger partial charge is 0.255 e. The molecule has 0 unspecified atom stereocenters. The zero-order chi connectivity index (χ0) is 22.1. The zero-order valence-electron chi connectivity index (χ0n) is 17.7. The second kappa shape index (κ2) is 10.8. The van der Waals surface area contributed by atoms with Crippen LogP contribution in [0, 0.1) is 0 Å². The molecule has 0 bridgehead atoms. The lowest BCUT2D eigenvalue weighted by molar-refractivity contribution is -0.121. The van der Waals surface area contributed by atoms with Crippen LogP contribution in [0.15, 0.2) is 72.8 Å². The van der Waals surface area contributed by atoms with Gasteiger partial charge in [-0.3, -0.25) is 9.59 Å². The molecule has 2 N–H and O–H groups in total. The highest BCUT2D eigenvalue weighted by Crippen LogP contribution is 2.29. The molecule has 0 atom stereocenters. The number of carbonyl (C=O) groups is 2. The molecular weight excluding hydrogens is 392 g/mol. The molecule has 0 aromatic heterocycles. The third-order valence-electron chi connectivity index (χ3n) is 4.83. The Bertz CT molecular complexity index is 1020. The number of methoxy groups -OCH3 is 2. The largest absolute Gasteiger partial charge is 0.493 e. The summed E-state index contributed by atoms with van der Waals surface area (Å²) in [5.74, 6) is 0.902. The van der Waals surface area contributed by atoms with E-state index in [0.29, 0.717) is 42.1 Å². The summed E-state index contributed by atoms with van der Waals surface area (Å²) in [6, 6.07) is 22.3. The zero-order valence-corrected chi connectivity index (χ0v) is 17.7. The fraction of sp³-hybridized carbons (Fsp3) is 0.200. The molecule has 3 rings (SSSR count). The number of nitrogens with one attached hydrogen (secondary N) is 2. The van der Waals surface area contributed by atoms with Crippen LogP contribution in [-0.2, 0) is 17.8 Å². The van der Waals surface area contributed by atoms with Gasteiger partial charge in [-0.25, -0.2) is 0 Å². The first kappa shape index (κ1) is 21.9. The quantitative estimate of drug-likeness (QED) is 0.546. The summed E-state index contributed by atoms with van der Waals surface area (Å²) in [6.45, 7) is 0.422. The van der Waals surface area contributed by atoms with E-state index in [0.717, 1.165) is 11.1 Å². The third-order valence-corrected chi connectivity index (χ3v) is 4.83. The van der Waals surface area contributed by atoms with E-state index in [1.807, 2.05) is 42.5 Å². The van der Waals surface area contributed by atoms with Crippen molar-refractivity contribution in [2.24, 2.45) is 0 Å².